The SMILES string of the molecule is CCn1cc[n+](C)c1.CCn1cc[n+](C)c1.S=C([S-])CCCNC(=S)[S-]. The van der Waals surface area contributed by atoms with Gasteiger partial charge in [-0.2, -0.15) is 4.20 Å². The van der Waals surface area contributed by atoms with Gasteiger partial charge in [-0.25, -0.2) is 18.3 Å². The zero-order valence-corrected chi connectivity index (χ0v) is 19.2. The van der Waals surface area contributed by atoms with E-state index in [1.165, 1.54) is 0 Å². The summed E-state index contributed by atoms with van der Waals surface area (Å²) in [6, 6.07) is 0. The smallest absolute Gasteiger partial charge is 0.243 e. The fraction of sp³-hybridized carbons (Fsp3) is 0.529. The molecule has 9 heteroatoms. The summed E-state index contributed by atoms with van der Waals surface area (Å²) in [5, 5.41) is 2.84. The lowest BCUT2D eigenvalue weighted by atomic mass is 10.3. The van der Waals surface area contributed by atoms with Crippen LogP contribution in [0, 0.1) is 0 Å². The molecule has 0 atom stereocenters. The minimum atomic E-state index is 0.412. The van der Waals surface area contributed by atoms with Crippen molar-refractivity contribution in [3.05, 3.63) is 37.4 Å². The van der Waals surface area contributed by atoms with Crippen LogP contribution in [0.1, 0.15) is 26.7 Å². The Morgan fingerprint density at radius 1 is 0.962 bits per heavy atom. The Hall–Kier alpha value is -1.16. The standard InChI is InChI=1S/2C6H11N2.C5H9NS4/c2*1-3-8-5-4-7(2)6-8;7-4(8)2-1-3-6-5(9)10/h2*4-6H,3H2,1-2H3;1-3H2,(H,7,8)(H2,6,9,10)/q2*+1;/p-2. The molecular formula is C17H29N5S4. The predicted octanol–water partition coefficient (Wildman–Crippen LogP) is 1.73. The van der Waals surface area contributed by atoms with Crippen molar-refractivity contribution in [2.45, 2.75) is 39.8 Å². The molecule has 0 saturated carbocycles. The lowest BCUT2D eigenvalue weighted by Gasteiger charge is -2.09. The Bertz CT molecular complexity index is 595. The number of nitrogens with one attached hydrogen (secondary N) is 1. The van der Waals surface area contributed by atoms with E-state index in [-0.39, 0.29) is 0 Å². The van der Waals surface area contributed by atoms with Gasteiger partial charge in [0.2, 0.25) is 12.7 Å². The van der Waals surface area contributed by atoms with Crippen LogP contribution in [0.4, 0.5) is 0 Å². The van der Waals surface area contributed by atoms with Gasteiger partial charge in [0.25, 0.3) is 0 Å². The summed E-state index contributed by atoms with van der Waals surface area (Å²) in [5.41, 5.74) is 0. The predicted molar refractivity (Wildman–Crippen MR) is 120 cm³/mol. The van der Waals surface area contributed by atoms with Gasteiger partial charge in [0, 0.05) is 6.54 Å². The fourth-order valence-electron chi connectivity index (χ4n) is 1.80. The molecule has 2 aromatic heterocycles. The van der Waals surface area contributed by atoms with Crippen molar-refractivity contribution in [3.8, 4) is 0 Å². The van der Waals surface area contributed by atoms with Crippen LogP contribution in [-0.2, 0) is 52.4 Å². The quantitative estimate of drug-likeness (QED) is 0.326. The number of hydrogen-bond donors (Lipinski definition) is 1. The summed E-state index contributed by atoms with van der Waals surface area (Å²) in [6.45, 7) is 7.14. The van der Waals surface area contributed by atoms with Gasteiger partial charge in [0.1, 0.15) is 24.8 Å². The minimum absolute atomic E-state index is 0.412. The van der Waals surface area contributed by atoms with Crippen LogP contribution in [0.15, 0.2) is 37.4 Å². The Kier molecular flexibility index (Phi) is 14.3. The van der Waals surface area contributed by atoms with E-state index in [1.54, 1.807) is 0 Å². The van der Waals surface area contributed by atoms with Crippen molar-refractivity contribution in [1.82, 2.24) is 14.5 Å². The first-order valence-corrected chi connectivity index (χ1v) is 10.1. The number of rotatable bonds is 6. The van der Waals surface area contributed by atoms with Crippen molar-refractivity contribution in [2.24, 2.45) is 14.1 Å². The summed E-state index contributed by atoms with van der Waals surface area (Å²) >= 11 is 18.6. The largest absolute Gasteiger partial charge is 0.433 e. The Morgan fingerprint density at radius 3 is 1.65 bits per heavy atom. The van der Waals surface area contributed by atoms with Crippen LogP contribution in [-0.4, -0.2) is 24.2 Å². The van der Waals surface area contributed by atoms with Gasteiger partial charge in [-0.05, 0) is 26.7 Å². The third-order valence-electron chi connectivity index (χ3n) is 3.20. The Morgan fingerprint density at radius 2 is 1.42 bits per heavy atom. The van der Waals surface area contributed by atoms with Crippen LogP contribution < -0.4 is 14.5 Å². The maximum Gasteiger partial charge on any atom is 0.243 e. The molecule has 0 spiro atoms. The molecule has 2 aromatic rings. The summed E-state index contributed by atoms with van der Waals surface area (Å²) in [6.07, 6.45) is 14.0. The van der Waals surface area contributed by atoms with E-state index < -0.39 is 0 Å². The third-order valence-corrected chi connectivity index (χ3v) is 3.90. The number of thiocarbonyl (C=S) groups is 2. The molecule has 0 fully saturated rings. The highest BCUT2D eigenvalue weighted by atomic mass is 32.1. The molecule has 0 bridgehead atoms. The van der Waals surface area contributed by atoms with Crippen molar-refractivity contribution >= 4 is 58.2 Å². The minimum Gasteiger partial charge on any atom is -0.433 e. The van der Waals surface area contributed by atoms with Gasteiger partial charge in [0.15, 0.2) is 0 Å². The van der Waals surface area contributed by atoms with Gasteiger partial charge in [-0.15, -0.1) is 0 Å². The number of imidazole rings is 2. The molecule has 5 nitrogen and oxygen atoms in total. The van der Waals surface area contributed by atoms with Gasteiger partial charge in [0.05, 0.1) is 27.2 Å². The molecule has 146 valence electrons. The van der Waals surface area contributed by atoms with Gasteiger partial charge >= 0.3 is 0 Å². The van der Waals surface area contributed by atoms with Gasteiger partial charge in [-0.1, -0.05) is 4.32 Å². The highest BCUT2D eigenvalue weighted by Crippen LogP contribution is 1.89. The van der Waals surface area contributed by atoms with Crippen molar-refractivity contribution in [2.75, 3.05) is 6.54 Å². The summed E-state index contributed by atoms with van der Waals surface area (Å²) in [4.78, 5) is 0. The Labute approximate surface area is 179 Å². The highest BCUT2D eigenvalue weighted by molar-refractivity contribution is 8.00. The fourth-order valence-corrected chi connectivity index (χ4v) is 2.29. The molecule has 0 aromatic carbocycles. The van der Waals surface area contributed by atoms with E-state index in [0.717, 1.165) is 32.5 Å². The summed E-state index contributed by atoms with van der Waals surface area (Å²) in [7, 11) is 4.04. The van der Waals surface area contributed by atoms with E-state index >= 15 is 0 Å². The first kappa shape index (κ1) is 24.8. The summed E-state index contributed by atoms with van der Waals surface area (Å²) in [5.74, 6) is 0. The summed E-state index contributed by atoms with van der Waals surface area (Å²) < 4.78 is 9.35. The maximum atomic E-state index is 4.70. The average Bonchev–Trinajstić information content (AvgIpc) is 3.20. The van der Waals surface area contributed by atoms with Crippen LogP contribution in [0.5, 0.6) is 0 Å². The number of hydrogen-bond acceptors (Lipinski definition) is 4. The van der Waals surface area contributed by atoms with Gasteiger partial charge < -0.3 is 55.0 Å². The second-order valence-corrected chi connectivity index (χ2v) is 7.83. The van der Waals surface area contributed by atoms with Gasteiger partial charge in [-0.3, -0.25) is 0 Å². The van der Waals surface area contributed by atoms with E-state index in [1.807, 2.05) is 35.6 Å². The van der Waals surface area contributed by atoms with Crippen LogP contribution >= 0.6 is 24.4 Å². The first-order chi connectivity index (χ1) is 12.3. The van der Waals surface area contributed by atoms with E-state index in [4.69, 9.17) is 24.8 Å². The number of aryl methyl sites for hydroxylation is 4. The second kappa shape index (κ2) is 15.0. The molecule has 0 aliphatic carbocycles. The lowest BCUT2D eigenvalue weighted by Crippen LogP contribution is -2.23. The lowest BCUT2D eigenvalue weighted by molar-refractivity contribution is -0.671. The second-order valence-electron chi connectivity index (χ2n) is 5.51. The molecule has 0 aliphatic heterocycles. The Balaban J connectivity index is 0.000000363. The maximum absolute atomic E-state index is 4.70. The topological polar surface area (TPSA) is 29.6 Å². The molecule has 0 radical (unpaired) electrons. The molecule has 0 amide bonds. The molecule has 26 heavy (non-hydrogen) atoms. The van der Waals surface area contributed by atoms with Crippen molar-refractivity contribution in [1.29, 1.82) is 0 Å². The molecule has 0 unspecified atom stereocenters. The molecule has 0 saturated heterocycles. The first-order valence-electron chi connectivity index (χ1n) is 8.45. The van der Waals surface area contributed by atoms with Crippen molar-refractivity contribution < 1.29 is 9.13 Å². The van der Waals surface area contributed by atoms with E-state index in [2.05, 4.69) is 78.2 Å². The number of aromatic nitrogens is 4. The van der Waals surface area contributed by atoms with Crippen LogP contribution in [0.2, 0.25) is 0 Å². The normalized spacial score (nSPS) is 9.38. The molecule has 1 N–H and O–H groups in total. The average molecular weight is 432 g/mol. The monoisotopic (exact) mass is 431 g/mol. The zero-order chi connectivity index (χ0) is 19.9. The molecule has 2 heterocycles. The van der Waals surface area contributed by atoms with E-state index in [0.29, 0.717) is 8.52 Å². The highest BCUT2D eigenvalue weighted by Gasteiger charge is 1.93. The van der Waals surface area contributed by atoms with Crippen LogP contribution in [0.3, 0.4) is 0 Å². The molecular weight excluding hydrogens is 402 g/mol. The number of nitrogens with zero attached hydrogens (tertiary/aromatic N) is 4. The van der Waals surface area contributed by atoms with Crippen LogP contribution in [0.25, 0.3) is 0 Å². The molecule has 0 aliphatic rings. The van der Waals surface area contributed by atoms with E-state index in [9.17, 15) is 0 Å². The third kappa shape index (κ3) is 14.1. The van der Waals surface area contributed by atoms with Crippen molar-refractivity contribution in [3.63, 3.8) is 0 Å². The zero-order valence-electron chi connectivity index (χ0n) is 15.9. The molecule has 2 rings (SSSR count).